The molecule has 2 aromatic carbocycles. The molecule has 0 saturated carbocycles. The minimum absolute atomic E-state index is 0.0709. The second-order valence-electron chi connectivity index (χ2n) is 6.89. The van der Waals surface area contributed by atoms with E-state index in [0.29, 0.717) is 31.6 Å². The number of amides is 1. The number of hydrogen-bond acceptors (Lipinski definition) is 4. The highest BCUT2D eigenvalue weighted by atomic mass is 19.1. The highest BCUT2D eigenvalue weighted by molar-refractivity contribution is 5.76. The number of benzene rings is 2. The molecule has 144 valence electrons. The lowest BCUT2D eigenvalue weighted by molar-refractivity contribution is -0.122. The quantitative estimate of drug-likeness (QED) is 0.783. The average Bonchev–Trinajstić information content (AvgIpc) is 2.67. The number of aliphatic hydroxyl groups is 1. The minimum Gasteiger partial charge on any atom is -0.486 e. The Morgan fingerprint density at radius 3 is 2.59 bits per heavy atom. The van der Waals surface area contributed by atoms with E-state index in [-0.39, 0.29) is 18.3 Å². The van der Waals surface area contributed by atoms with E-state index in [1.54, 1.807) is 6.92 Å². The van der Waals surface area contributed by atoms with Crippen LogP contribution < -0.4 is 14.8 Å². The fourth-order valence-corrected chi connectivity index (χ4v) is 2.97. The Bertz CT molecular complexity index is 789. The highest BCUT2D eigenvalue weighted by Gasteiger charge is 2.23. The smallest absolute Gasteiger partial charge is 0.220 e. The van der Waals surface area contributed by atoms with E-state index in [1.165, 1.54) is 24.3 Å². The van der Waals surface area contributed by atoms with Crippen LogP contribution in [0.15, 0.2) is 42.5 Å². The van der Waals surface area contributed by atoms with Crippen LogP contribution in [-0.2, 0) is 16.8 Å². The maximum atomic E-state index is 13.0. The van der Waals surface area contributed by atoms with Gasteiger partial charge in [-0.25, -0.2) is 4.39 Å². The Hall–Kier alpha value is -2.60. The summed E-state index contributed by atoms with van der Waals surface area (Å²) in [7, 11) is 0. The first-order valence-electron chi connectivity index (χ1n) is 9.08. The van der Waals surface area contributed by atoms with Gasteiger partial charge in [-0.2, -0.15) is 0 Å². The van der Waals surface area contributed by atoms with E-state index < -0.39 is 5.60 Å². The van der Waals surface area contributed by atoms with Crippen molar-refractivity contribution in [3.63, 3.8) is 0 Å². The molecular formula is C21H24FNO4. The molecule has 1 aliphatic rings. The van der Waals surface area contributed by atoms with Crippen LogP contribution in [0.25, 0.3) is 0 Å². The molecule has 1 atom stereocenters. The summed E-state index contributed by atoms with van der Waals surface area (Å²) in [6.45, 7) is 2.78. The standard InChI is InChI=1S/C21H24FNO4/c1-21(25,16-6-8-17(22)9-7-16)14-23-20(24)4-2-3-15-5-10-18-19(13-15)27-12-11-26-18/h5-10,13,25H,2-4,11-12,14H2,1H3,(H,23,24). The normalized spacial score (nSPS) is 15.1. The van der Waals surface area contributed by atoms with Crippen LogP contribution in [0, 0.1) is 5.82 Å². The van der Waals surface area contributed by atoms with Crippen molar-refractivity contribution in [3.05, 3.63) is 59.4 Å². The average molecular weight is 373 g/mol. The Morgan fingerprint density at radius 2 is 1.85 bits per heavy atom. The van der Waals surface area contributed by atoms with Gasteiger partial charge in [-0.15, -0.1) is 0 Å². The molecule has 0 aromatic heterocycles. The van der Waals surface area contributed by atoms with Gasteiger partial charge < -0.3 is 19.9 Å². The molecule has 0 aliphatic carbocycles. The first-order chi connectivity index (χ1) is 12.9. The van der Waals surface area contributed by atoms with Gasteiger partial charge in [-0.3, -0.25) is 4.79 Å². The molecular weight excluding hydrogens is 349 g/mol. The molecule has 6 heteroatoms. The predicted molar refractivity (Wildman–Crippen MR) is 99.4 cm³/mol. The molecule has 0 radical (unpaired) electrons. The summed E-state index contributed by atoms with van der Waals surface area (Å²) in [6.07, 6.45) is 1.79. The van der Waals surface area contributed by atoms with E-state index in [4.69, 9.17) is 9.47 Å². The van der Waals surface area contributed by atoms with Gasteiger partial charge in [0, 0.05) is 6.42 Å². The van der Waals surface area contributed by atoms with Crippen LogP contribution in [0.2, 0.25) is 0 Å². The summed E-state index contributed by atoms with van der Waals surface area (Å²) >= 11 is 0. The maximum Gasteiger partial charge on any atom is 0.220 e. The van der Waals surface area contributed by atoms with Crippen molar-refractivity contribution < 1.29 is 23.8 Å². The number of ether oxygens (including phenoxy) is 2. The summed E-state index contributed by atoms with van der Waals surface area (Å²) < 4.78 is 24.1. The molecule has 2 N–H and O–H groups in total. The van der Waals surface area contributed by atoms with Gasteiger partial charge in [0.15, 0.2) is 11.5 Å². The van der Waals surface area contributed by atoms with E-state index in [0.717, 1.165) is 23.5 Å². The van der Waals surface area contributed by atoms with Gasteiger partial charge >= 0.3 is 0 Å². The Labute approximate surface area is 158 Å². The molecule has 1 heterocycles. The zero-order valence-corrected chi connectivity index (χ0v) is 15.3. The Balaban J connectivity index is 1.44. The van der Waals surface area contributed by atoms with Crippen LogP contribution in [-0.4, -0.2) is 30.8 Å². The predicted octanol–water partition coefficient (Wildman–Crippen LogP) is 2.94. The zero-order valence-electron chi connectivity index (χ0n) is 15.3. The minimum atomic E-state index is -1.25. The first-order valence-corrected chi connectivity index (χ1v) is 9.08. The number of rotatable bonds is 7. The third-order valence-corrected chi connectivity index (χ3v) is 4.57. The molecule has 1 aliphatic heterocycles. The molecule has 1 amide bonds. The molecule has 0 fully saturated rings. The number of aryl methyl sites for hydroxylation is 1. The number of carbonyl (C=O) groups excluding carboxylic acids is 1. The largest absolute Gasteiger partial charge is 0.486 e. The molecule has 1 unspecified atom stereocenters. The van der Waals surface area contributed by atoms with Gasteiger partial charge in [-0.05, 0) is 55.2 Å². The lowest BCUT2D eigenvalue weighted by Gasteiger charge is -2.24. The molecule has 0 saturated heterocycles. The molecule has 27 heavy (non-hydrogen) atoms. The Kier molecular flexibility index (Phi) is 5.96. The lowest BCUT2D eigenvalue weighted by atomic mass is 9.96. The fourth-order valence-electron chi connectivity index (χ4n) is 2.97. The Morgan fingerprint density at radius 1 is 1.15 bits per heavy atom. The molecule has 0 bridgehead atoms. The van der Waals surface area contributed by atoms with Crippen molar-refractivity contribution in [2.75, 3.05) is 19.8 Å². The van der Waals surface area contributed by atoms with Gasteiger partial charge in [-0.1, -0.05) is 18.2 Å². The zero-order chi connectivity index (χ0) is 19.3. The van der Waals surface area contributed by atoms with Crippen LogP contribution >= 0.6 is 0 Å². The molecule has 3 rings (SSSR count). The first kappa shape index (κ1) is 19.2. The number of fused-ring (bicyclic) bond motifs is 1. The lowest BCUT2D eigenvalue weighted by Crippen LogP contribution is -2.38. The van der Waals surface area contributed by atoms with Gasteiger partial charge in [0.1, 0.15) is 24.6 Å². The summed E-state index contributed by atoms with van der Waals surface area (Å²) in [6, 6.07) is 11.4. The molecule has 0 spiro atoms. The summed E-state index contributed by atoms with van der Waals surface area (Å²) in [5.74, 6) is 1.01. The number of halogens is 1. The topological polar surface area (TPSA) is 67.8 Å². The van der Waals surface area contributed by atoms with E-state index in [2.05, 4.69) is 5.32 Å². The van der Waals surface area contributed by atoms with Gasteiger partial charge in [0.2, 0.25) is 5.91 Å². The second-order valence-corrected chi connectivity index (χ2v) is 6.89. The number of carbonyl (C=O) groups is 1. The van der Waals surface area contributed by atoms with E-state index in [9.17, 15) is 14.3 Å². The van der Waals surface area contributed by atoms with Crippen LogP contribution in [0.4, 0.5) is 4.39 Å². The van der Waals surface area contributed by atoms with Crippen molar-refractivity contribution in [2.45, 2.75) is 31.8 Å². The van der Waals surface area contributed by atoms with Crippen LogP contribution in [0.3, 0.4) is 0 Å². The van der Waals surface area contributed by atoms with Crippen LogP contribution in [0.5, 0.6) is 11.5 Å². The number of nitrogens with one attached hydrogen (secondary N) is 1. The summed E-state index contributed by atoms with van der Waals surface area (Å²) in [4.78, 5) is 12.1. The SMILES string of the molecule is CC(O)(CNC(=O)CCCc1ccc2c(c1)OCCO2)c1ccc(F)cc1. The summed E-state index contributed by atoms with van der Waals surface area (Å²) in [5, 5.41) is 13.2. The van der Waals surface area contributed by atoms with Crippen molar-refractivity contribution >= 4 is 5.91 Å². The van der Waals surface area contributed by atoms with Gasteiger partial charge in [0.25, 0.3) is 0 Å². The monoisotopic (exact) mass is 373 g/mol. The summed E-state index contributed by atoms with van der Waals surface area (Å²) in [5.41, 5.74) is 0.393. The molecule has 5 nitrogen and oxygen atoms in total. The fraction of sp³-hybridized carbons (Fsp3) is 0.381. The molecule has 2 aromatic rings. The van der Waals surface area contributed by atoms with Gasteiger partial charge in [0.05, 0.1) is 6.54 Å². The van der Waals surface area contributed by atoms with Crippen molar-refractivity contribution in [1.29, 1.82) is 0 Å². The van der Waals surface area contributed by atoms with Crippen LogP contribution in [0.1, 0.15) is 30.9 Å². The third kappa shape index (κ3) is 5.20. The van der Waals surface area contributed by atoms with Crippen molar-refractivity contribution in [1.82, 2.24) is 5.32 Å². The van der Waals surface area contributed by atoms with E-state index in [1.807, 2.05) is 18.2 Å². The number of hydrogen-bond donors (Lipinski definition) is 2. The van der Waals surface area contributed by atoms with E-state index >= 15 is 0 Å². The maximum absolute atomic E-state index is 13.0. The van der Waals surface area contributed by atoms with Crippen molar-refractivity contribution in [3.8, 4) is 11.5 Å². The third-order valence-electron chi connectivity index (χ3n) is 4.57. The second kappa shape index (κ2) is 8.39. The highest BCUT2D eigenvalue weighted by Crippen LogP contribution is 2.31. The van der Waals surface area contributed by atoms with Crippen molar-refractivity contribution in [2.24, 2.45) is 0 Å².